The molecule has 2 N–H and O–H groups in total. The van der Waals surface area contributed by atoms with E-state index < -0.39 is 10.0 Å². The van der Waals surface area contributed by atoms with Gasteiger partial charge in [0.2, 0.25) is 10.0 Å². The molecule has 0 spiro atoms. The number of nitrogens with two attached hydrogens (primary N) is 1. The number of hydrogen-bond donors (Lipinski definition) is 1. The van der Waals surface area contributed by atoms with Gasteiger partial charge in [0.25, 0.3) is 0 Å². The van der Waals surface area contributed by atoms with Crippen molar-refractivity contribution in [2.75, 3.05) is 13.6 Å². The van der Waals surface area contributed by atoms with E-state index in [-0.39, 0.29) is 16.0 Å². The zero-order valence-electron chi connectivity index (χ0n) is 11.8. The Kier molecular flexibility index (Phi) is 6.47. The van der Waals surface area contributed by atoms with Crippen LogP contribution >= 0.6 is 27.5 Å². The van der Waals surface area contributed by atoms with Crippen molar-refractivity contribution in [1.82, 2.24) is 4.31 Å². The van der Waals surface area contributed by atoms with Crippen LogP contribution in [0.4, 0.5) is 0 Å². The van der Waals surface area contributed by atoms with E-state index in [0.717, 1.165) is 4.47 Å². The Morgan fingerprint density at radius 1 is 1.40 bits per heavy atom. The topological polar surface area (TPSA) is 63.4 Å². The molecule has 0 saturated carbocycles. The molecule has 4 nitrogen and oxygen atoms in total. The Morgan fingerprint density at radius 2 is 2.00 bits per heavy atom. The predicted molar refractivity (Wildman–Crippen MR) is 86.4 cm³/mol. The minimum atomic E-state index is -3.58. The molecule has 0 radical (unpaired) electrons. The first kappa shape index (κ1) is 17.9. The summed E-state index contributed by atoms with van der Waals surface area (Å²) in [5, 5.41) is 0.208. The molecule has 1 aromatic carbocycles. The highest BCUT2D eigenvalue weighted by Crippen LogP contribution is 2.27. The van der Waals surface area contributed by atoms with E-state index >= 15 is 0 Å². The quantitative estimate of drug-likeness (QED) is 0.821. The average molecular weight is 384 g/mol. The summed E-state index contributed by atoms with van der Waals surface area (Å²) in [5.74, 6) is 0.322. The molecule has 0 heterocycles. The number of sulfonamides is 1. The van der Waals surface area contributed by atoms with Crippen molar-refractivity contribution in [3.8, 4) is 0 Å². The summed E-state index contributed by atoms with van der Waals surface area (Å²) in [6.07, 6.45) is 0.613. The maximum Gasteiger partial charge on any atom is 0.244 e. The van der Waals surface area contributed by atoms with Gasteiger partial charge in [-0.2, -0.15) is 0 Å². The van der Waals surface area contributed by atoms with E-state index in [1.54, 1.807) is 19.2 Å². The van der Waals surface area contributed by atoms with Crippen LogP contribution in [0.3, 0.4) is 0 Å². The molecule has 0 bridgehead atoms. The normalized spacial score (nSPS) is 14.0. The van der Waals surface area contributed by atoms with Crippen molar-refractivity contribution in [3.05, 3.63) is 27.7 Å². The second kappa shape index (κ2) is 7.22. The lowest BCUT2D eigenvalue weighted by molar-refractivity contribution is 0.397. The summed E-state index contributed by atoms with van der Waals surface area (Å²) in [7, 11) is -2.04. The third-order valence-electron chi connectivity index (χ3n) is 3.22. The van der Waals surface area contributed by atoms with Gasteiger partial charge >= 0.3 is 0 Å². The summed E-state index contributed by atoms with van der Waals surface area (Å²) in [5.41, 5.74) is 5.94. The van der Waals surface area contributed by atoms with Gasteiger partial charge in [-0.25, -0.2) is 12.7 Å². The maximum absolute atomic E-state index is 12.4. The minimum Gasteiger partial charge on any atom is -0.327 e. The van der Waals surface area contributed by atoms with Crippen LogP contribution in [-0.2, 0) is 10.0 Å². The van der Waals surface area contributed by atoms with Crippen LogP contribution in [0.15, 0.2) is 27.6 Å². The van der Waals surface area contributed by atoms with Gasteiger partial charge in [0.05, 0.1) is 5.02 Å². The van der Waals surface area contributed by atoms with E-state index in [4.69, 9.17) is 17.3 Å². The zero-order chi connectivity index (χ0) is 15.5. The fourth-order valence-electron chi connectivity index (χ4n) is 1.64. The molecule has 1 aromatic rings. The third-order valence-corrected chi connectivity index (χ3v) is 6.05. The summed E-state index contributed by atoms with van der Waals surface area (Å²) in [4.78, 5) is 0.114. The van der Waals surface area contributed by atoms with E-state index in [0.29, 0.717) is 18.9 Å². The molecule has 1 rings (SSSR count). The van der Waals surface area contributed by atoms with Gasteiger partial charge in [-0.15, -0.1) is 0 Å². The molecule has 0 aliphatic carbocycles. The molecule has 0 fully saturated rings. The molecular formula is C13H20BrClN2O2S. The molecule has 114 valence electrons. The highest BCUT2D eigenvalue weighted by Gasteiger charge is 2.24. The number of hydrogen-bond acceptors (Lipinski definition) is 3. The summed E-state index contributed by atoms with van der Waals surface area (Å²) >= 11 is 9.27. The highest BCUT2D eigenvalue weighted by molar-refractivity contribution is 9.10. The van der Waals surface area contributed by atoms with Crippen molar-refractivity contribution in [3.63, 3.8) is 0 Å². The molecule has 1 unspecified atom stereocenters. The van der Waals surface area contributed by atoms with E-state index in [1.807, 2.05) is 13.8 Å². The Morgan fingerprint density at radius 3 is 2.50 bits per heavy atom. The van der Waals surface area contributed by atoms with Gasteiger partial charge in [-0.3, -0.25) is 0 Å². The van der Waals surface area contributed by atoms with Crippen LogP contribution in [0.5, 0.6) is 0 Å². The molecule has 0 saturated heterocycles. The fraction of sp³-hybridized carbons (Fsp3) is 0.538. The second-order valence-corrected chi connectivity index (χ2v) is 8.43. The van der Waals surface area contributed by atoms with Crippen LogP contribution in [0.2, 0.25) is 5.02 Å². The Bertz CT molecular complexity index is 563. The van der Waals surface area contributed by atoms with Crippen LogP contribution in [0.25, 0.3) is 0 Å². The highest BCUT2D eigenvalue weighted by atomic mass is 79.9. The van der Waals surface area contributed by atoms with Gasteiger partial charge in [-0.05, 0) is 30.5 Å². The summed E-state index contributed by atoms with van der Waals surface area (Å²) in [6, 6.07) is 4.71. The second-order valence-electron chi connectivity index (χ2n) is 5.10. The SMILES string of the molecule is CC(C)C(N)CCN(C)S(=O)(=O)c1ccc(Br)cc1Cl. The van der Waals surface area contributed by atoms with E-state index in [1.165, 1.54) is 10.4 Å². The lowest BCUT2D eigenvalue weighted by Crippen LogP contribution is -2.34. The first-order valence-corrected chi connectivity index (χ1v) is 8.94. The van der Waals surface area contributed by atoms with Crippen LogP contribution in [0.1, 0.15) is 20.3 Å². The zero-order valence-corrected chi connectivity index (χ0v) is 15.0. The Hall–Kier alpha value is -0.140. The molecule has 7 heteroatoms. The molecule has 1 atom stereocenters. The lowest BCUT2D eigenvalue weighted by Gasteiger charge is -2.21. The van der Waals surface area contributed by atoms with Crippen LogP contribution in [0, 0.1) is 5.92 Å². The van der Waals surface area contributed by atoms with Crippen molar-refractivity contribution in [1.29, 1.82) is 0 Å². The molecule has 0 aliphatic heterocycles. The number of halogens is 2. The standard InChI is InChI=1S/C13H20BrClN2O2S/c1-9(2)12(16)6-7-17(3)20(18,19)13-5-4-10(14)8-11(13)15/h4-5,8-9,12H,6-7,16H2,1-3H3. The molecule has 0 amide bonds. The van der Waals surface area contributed by atoms with E-state index in [9.17, 15) is 8.42 Å². The van der Waals surface area contributed by atoms with Gasteiger partial charge in [-0.1, -0.05) is 41.4 Å². The first-order chi connectivity index (χ1) is 9.16. The third kappa shape index (κ3) is 4.43. The molecule has 0 aromatic heterocycles. The lowest BCUT2D eigenvalue weighted by atomic mass is 10.0. The van der Waals surface area contributed by atoms with Crippen LogP contribution < -0.4 is 5.73 Å². The van der Waals surface area contributed by atoms with Crippen molar-refractivity contribution in [2.45, 2.75) is 31.2 Å². The number of nitrogens with zero attached hydrogens (tertiary/aromatic N) is 1. The predicted octanol–water partition coefficient (Wildman–Crippen LogP) is 3.10. The fourth-order valence-corrected chi connectivity index (χ4v) is 3.83. The van der Waals surface area contributed by atoms with E-state index in [2.05, 4.69) is 15.9 Å². The molecule has 0 aliphatic rings. The number of rotatable bonds is 6. The molecular weight excluding hydrogens is 364 g/mol. The van der Waals surface area contributed by atoms with Gasteiger partial charge in [0.1, 0.15) is 4.90 Å². The van der Waals surface area contributed by atoms with Crippen molar-refractivity contribution in [2.24, 2.45) is 11.7 Å². The summed E-state index contributed by atoms with van der Waals surface area (Å²) < 4.78 is 26.9. The average Bonchev–Trinajstić information content (AvgIpc) is 2.34. The van der Waals surface area contributed by atoms with Crippen LogP contribution in [-0.4, -0.2) is 32.4 Å². The van der Waals surface area contributed by atoms with Gasteiger partial charge < -0.3 is 5.73 Å². The Balaban J connectivity index is 2.87. The van der Waals surface area contributed by atoms with Crippen molar-refractivity contribution >= 4 is 37.6 Å². The van der Waals surface area contributed by atoms with Gasteiger partial charge in [0.15, 0.2) is 0 Å². The largest absolute Gasteiger partial charge is 0.327 e. The van der Waals surface area contributed by atoms with Gasteiger partial charge in [0, 0.05) is 24.1 Å². The van der Waals surface area contributed by atoms with Crippen molar-refractivity contribution < 1.29 is 8.42 Å². The monoisotopic (exact) mass is 382 g/mol. The summed E-state index contributed by atoms with van der Waals surface area (Å²) in [6.45, 7) is 4.41. The maximum atomic E-state index is 12.4. The first-order valence-electron chi connectivity index (χ1n) is 6.33. The smallest absolute Gasteiger partial charge is 0.244 e. The minimum absolute atomic E-state index is 0.0203. The Labute approximate surface area is 134 Å². The number of benzene rings is 1. The molecule has 20 heavy (non-hydrogen) atoms.